The second-order valence-electron chi connectivity index (χ2n) is 3.69. The van der Waals surface area contributed by atoms with Crippen LogP contribution in [0.25, 0.3) is 0 Å². The van der Waals surface area contributed by atoms with E-state index in [2.05, 4.69) is 22.6 Å². The van der Waals surface area contributed by atoms with Gasteiger partial charge in [-0.05, 0) is 65.4 Å². The standard InChI is InChI=1S/C12H9IO4S/c1-8-6-9(13)2-4-11(8)18(15,16)12-5-3-10(7-14)17-12/h2-7H,1H3. The third-order valence-corrected chi connectivity index (χ3v) is 4.87. The van der Waals surface area contributed by atoms with Crippen molar-refractivity contribution in [2.24, 2.45) is 0 Å². The predicted octanol–water partition coefficient (Wildman–Crippen LogP) is 2.84. The molecule has 0 N–H and O–H groups in total. The van der Waals surface area contributed by atoms with Gasteiger partial charge < -0.3 is 4.42 Å². The van der Waals surface area contributed by atoms with Gasteiger partial charge in [0.15, 0.2) is 12.0 Å². The minimum absolute atomic E-state index is 0.00302. The number of aryl methyl sites for hydroxylation is 1. The molecule has 1 heterocycles. The highest BCUT2D eigenvalue weighted by Crippen LogP contribution is 2.26. The van der Waals surface area contributed by atoms with Gasteiger partial charge in [0, 0.05) is 3.57 Å². The molecular formula is C12H9IO4S. The smallest absolute Gasteiger partial charge is 0.239 e. The summed E-state index contributed by atoms with van der Waals surface area (Å²) < 4.78 is 30.5. The number of benzene rings is 1. The molecule has 1 aromatic carbocycles. The lowest BCUT2D eigenvalue weighted by molar-refractivity contribution is 0.109. The molecule has 0 spiro atoms. The summed E-state index contributed by atoms with van der Waals surface area (Å²) in [6.07, 6.45) is 0.472. The number of hydrogen-bond donors (Lipinski definition) is 0. The van der Waals surface area contributed by atoms with Gasteiger partial charge in [-0.25, -0.2) is 8.42 Å². The Kier molecular flexibility index (Phi) is 3.58. The lowest BCUT2D eigenvalue weighted by Gasteiger charge is -2.05. The van der Waals surface area contributed by atoms with Gasteiger partial charge in [-0.3, -0.25) is 4.79 Å². The molecule has 0 unspecified atom stereocenters. The zero-order chi connectivity index (χ0) is 13.3. The lowest BCUT2D eigenvalue weighted by Crippen LogP contribution is -2.03. The maximum absolute atomic E-state index is 12.3. The van der Waals surface area contributed by atoms with E-state index in [1.807, 2.05) is 0 Å². The molecule has 0 atom stereocenters. The number of carbonyl (C=O) groups excluding carboxylic acids is 1. The molecule has 0 saturated heterocycles. The van der Waals surface area contributed by atoms with Crippen molar-refractivity contribution in [2.45, 2.75) is 16.9 Å². The van der Waals surface area contributed by atoms with Crippen molar-refractivity contribution in [1.82, 2.24) is 0 Å². The monoisotopic (exact) mass is 376 g/mol. The SMILES string of the molecule is Cc1cc(I)ccc1S(=O)(=O)c1ccc(C=O)o1. The van der Waals surface area contributed by atoms with E-state index in [9.17, 15) is 13.2 Å². The van der Waals surface area contributed by atoms with Gasteiger partial charge in [0.25, 0.3) is 0 Å². The maximum Gasteiger partial charge on any atom is 0.239 e. The summed E-state index contributed by atoms with van der Waals surface area (Å²) >= 11 is 2.11. The van der Waals surface area contributed by atoms with Crippen molar-refractivity contribution in [3.8, 4) is 0 Å². The van der Waals surface area contributed by atoms with Crippen LogP contribution < -0.4 is 0 Å². The number of carbonyl (C=O) groups is 1. The molecule has 4 nitrogen and oxygen atoms in total. The number of furan rings is 1. The highest BCUT2D eigenvalue weighted by Gasteiger charge is 2.23. The predicted molar refractivity (Wildman–Crippen MR) is 73.4 cm³/mol. The quantitative estimate of drug-likeness (QED) is 0.611. The Bertz CT molecular complexity index is 701. The van der Waals surface area contributed by atoms with Crippen LogP contribution >= 0.6 is 22.6 Å². The lowest BCUT2D eigenvalue weighted by atomic mass is 10.2. The fourth-order valence-electron chi connectivity index (χ4n) is 1.56. The fourth-order valence-corrected chi connectivity index (χ4v) is 3.61. The minimum Gasteiger partial charge on any atom is -0.442 e. The van der Waals surface area contributed by atoms with Crippen molar-refractivity contribution in [3.63, 3.8) is 0 Å². The molecule has 0 saturated carbocycles. The number of rotatable bonds is 3. The van der Waals surface area contributed by atoms with Gasteiger partial charge in [0.05, 0.1) is 4.90 Å². The van der Waals surface area contributed by atoms with E-state index in [0.717, 1.165) is 3.57 Å². The van der Waals surface area contributed by atoms with Crippen molar-refractivity contribution in [3.05, 3.63) is 45.2 Å². The first kappa shape index (κ1) is 13.3. The van der Waals surface area contributed by atoms with Crippen LogP contribution in [0.4, 0.5) is 0 Å². The van der Waals surface area contributed by atoms with Crippen LogP contribution in [0.15, 0.2) is 44.7 Å². The average molecular weight is 376 g/mol. The fraction of sp³-hybridized carbons (Fsp3) is 0.0833. The molecule has 0 bridgehead atoms. The van der Waals surface area contributed by atoms with Gasteiger partial charge in [0.1, 0.15) is 0 Å². The Morgan fingerprint density at radius 2 is 1.94 bits per heavy atom. The average Bonchev–Trinajstić information content (AvgIpc) is 2.77. The summed E-state index contributed by atoms with van der Waals surface area (Å²) in [4.78, 5) is 10.7. The third-order valence-electron chi connectivity index (χ3n) is 2.41. The van der Waals surface area contributed by atoms with E-state index in [4.69, 9.17) is 4.42 Å². The van der Waals surface area contributed by atoms with E-state index in [1.165, 1.54) is 18.2 Å². The Hall–Kier alpha value is -1.15. The molecule has 0 aliphatic rings. The van der Waals surface area contributed by atoms with Gasteiger partial charge in [-0.2, -0.15) is 0 Å². The van der Waals surface area contributed by atoms with Crippen molar-refractivity contribution >= 4 is 38.7 Å². The van der Waals surface area contributed by atoms with E-state index >= 15 is 0 Å². The molecule has 0 fully saturated rings. The molecule has 1 aromatic heterocycles. The molecule has 0 radical (unpaired) electrons. The molecule has 2 aromatic rings. The largest absolute Gasteiger partial charge is 0.442 e. The molecule has 0 amide bonds. The topological polar surface area (TPSA) is 64.3 Å². The number of sulfone groups is 1. The number of hydrogen-bond acceptors (Lipinski definition) is 4. The molecule has 18 heavy (non-hydrogen) atoms. The minimum atomic E-state index is -3.70. The number of halogens is 1. The van der Waals surface area contributed by atoms with Crippen LogP contribution in [0.5, 0.6) is 0 Å². The molecular weight excluding hydrogens is 367 g/mol. The first-order valence-corrected chi connectivity index (χ1v) is 7.57. The molecule has 0 aliphatic heterocycles. The van der Waals surface area contributed by atoms with E-state index in [-0.39, 0.29) is 15.7 Å². The van der Waals surface area contributed by atoms with Crippen molar-refractivity contribution < 1.29 is 17.6 Å². The van der Waals surface area contributed by atoms with Crippen LogP contribution in [0.2, 0.25) is 0 Å². The Balaban J connectivity index is 2.57. The van der Waals surface area contributed by atoms with Crippen molar-refractivity contribution in [1.29, 1.82) is 0 Å². The summed E-state index contributed by atoms with van der Waals surface area (Å²) in [5.41, 5.74) is 0.644. The summed E-state index contributed by atoms with van der Waals surface area (Å²) in [6, 6.07) is 7.65. The Morgan fingerprint density at radius 3 is 2.50 bits per heavy atom. The highest BCUT2D eigenvalue weighted by atomic mass is 127. The van der Waals surface area contributed by atoms with Gasteiger partial charge in [-0.1, -0.05) is 0 Å². The van der Waals surface area contributed by atoms with E-state index in [1.54, 1.807) is 19.1 Å². The molecule has 94 valence electrons. The first-order chi connectivity index (χ1) is 8.45. The van der Waals surface area contributed by atoms with Gasteiger partial charge >= 0.3 is 0 Å². The van der Waals surface area contributed by atoms with E-state index < -0.39 is 9.84 Å². The summed E-state index contributed by atoms with van der Waals surface area (Å²) in [6.45, 7) is 1.72. The Morgan fingerprint density at radius 1 is 1.22 bits per heavy atom. The third kappa shape index (κ3) is 2.35. The van der Waals surface area contributed by atoms with Crippen LogP contribution in [-0.4, -0.2) is 14.7 Å². The van der Waals surface area contributed by atoms with E-state index in [0.29, 0.717) is 11.8 Å². The van der Waals surface area contributed by atoms with Crippen molar-refractivity contribution in [2.75, 3.05) is 0 Å². The maximum atomic E-state index is 12.3. The van der Waals surface area contributed by atoms with Crippen LogP contribution in [0.3, 0.4) is 0 Å². The number of aldehydes is 1. The van der Waals surface area contributed by atoms with Crippen LogP contribution in [-0.2, 0) is 9.84 Å². The summed E-state index contributed by atoms with van der Waals surface area (Å²) in [5, 5.41) is -0.214. The Labute approximate surface area is 118 Å². The zero-order valence-electron chi connectivity index (χ0n) is 9.38. The summed E-state index contributed by atoms with van der Waals surface area (Å²) in [7, 11) is -3.70. The summed E-state index contributed by atoms with van der Waals surface area (Å²) in [5.74, 6) is -0.00302. The molecule has 6 heteroatoms. The van der Waals surface area contributed by atoms with Crippen LogP contribution in [0.1, 0.15) is 16.1 Å². The zero-order valence-corrected chi connectivity index (χ0v) is 12.4. The second kappa shape index (κ2) is 4.85. The van der Waals surface area contributed by atoms with Crippen LogP contribution in [0, 0.1) is 10.5 Å². The highest BCUT2D eigenvalue weighted by molar-refractivity contribution is 14.1. The molecule has 2 rings (SSSR count). The normalized spacial score (nSPS) is 11.4. The van der Waals surface area contributed by atoms with Gasteiger partial charge in [0.2, 0.25) is 14.9 Å². The first-order valence-electron chi connectivity index (χ1n) is 5.01. The second-order valence-corrected chi connectivity index (χ2v) is 6.78. The van der Waals surface area contributed by atoms with Gasteiger partial charge in [-0.15, -0.1) is 0 Å². The molecule has 0 aliphatic carbocycles.